The van der Waals surface area contributed by atoms with Crippen LogP contribution in [0.1, 0.15) is 27.4 Å². The molecule has 100 valence electrons. The Morgan fingerprint density at radius 2 is 2.05 bits per heavy atom. The van der Waals surface area contributed by atoms with Crippen LogP contribution in [0.5, 0.6) is 0 Å². The van der Waals surface area contributed by atoms with Crippen LogP contribution in [0.2, 0.25) is 0 Å². The Labute approximate surface area is 117 Å². The van der Waals surface area contributed by atoms with E-state index in [1.165, 1.54) is 23.1 Å². The Hall–Kier alpha value is -1.68. The number of benzene rings is 1. The molecule has 1 aromatic carbocycles. The minimum atomic E-state index is -0.442. The molecule has 0 N–H and O–H groups in total. The predicted octanol–water partition coefficient (Wildman–Crippen LogP) is 3.98. The molecule has 0 saturated carbocycles. The van der Waals surface area contributed by atoms with Crippen molar-refractivity contribution in [3.63, 3.8) is 0 Å². The van der Waals surface area contributed by atoms with E-state index in [2.05, 4.69) is 36.8 Å². The van der Waals surface area contributed by atoms with E-state index in [0.717, 1.165) is 5.76 Å². The van der Waals surface area contributed by atoms with Crippen LogP contribution < -0.4 is 0 Å². The fraction of sp³-hybridized carbons (Fsp3) is 0.267. The molecule has 0 aliphatic carbocycles. The van der Waals surface area contributed by atoms with Crippen LogP contribution in [-0.4, -0.2) is 13.1 Å². The van der Waals surface area contributed by atoms with E-state index in [-0.39, 0.29) is 5.76 Å². The van der Waals surface area contributed by atoms with Gasteiger partial charge in [-0.15, -0.1) is 11.8 Å². The maximum absolute atomic E-state index is 11.3. The van der Waals surface area contributed by atoms with Crippen LogP contribution in [-0.2, 0) is 10.5 Å². The van der Waals surface area contributed by atoms with Crippen LogP contribution in [0.4, 0.5) is 0 Å². The molecule has 2 aromatic rings. The summed E-state index contributed by atoms with van der Waals surface area (Å²) in [7, 11) is 1.34. The van der Waals surface area contributed by atoms with E-state index in [9.17, 15) is 4.79 Å². The zero-order valence-corrected chi connectivity index (χ0v) is 12.0. The van der Waals surface area contributed by atoms with Crippen molar-refractivity contribution in [3.05, 3.63) is 53.0 Å². The SMILES string of the molecule is COC(=O)c1ccc(CSc2ccc(C)cc2C)o1. The largest absolute Gasteiger partial charge is 0.463 e. The molecule has 0 fully saturated rings. The second kappa shape index (κ2) is 5.97. The number of rotatable bonds is 4. The number of methoxy groups -OCH3 is 1. The number of hydrogen-bond acceptors (Lipinski definition) is 4. The third kappa shape index (κ3) is 3.41. The molecule has 2 rings (SSSR count). The van der Waals surface area contributed by atoms with Crippen molar-refractivity contribution in [1.29, 1.82) is 0 Å². The first kappa shape index (κ1) is 13.7. The number of thioether (sulfide) groups is 1. The first-order valence-corrected chi connectivity index (χ1v) is 6.96. The lowest BCUT2D eigenvalue weighted by Crippen LogP contribution is -1.98. The van der Waals surface area contributed by atoms with Crippen LogP contribution in [0, 0.1) is 13.8 Å². The Bertz CT molecular complexity index is 587. The minimum Gasteiger partial charge on any atom is -0.463 e. The Balaban J connectivity index is 2.02. The highest BCUT2D eigenvalue weighted by atomic mass is 32.2. The monoisotopic (exact) mass is 276 g/mol. The minimum absolute atomic E-state index is 0.249. The molecule has 0 bridgehead atoms. The molecule has 0 aliphatic heterocycles. The molecule has 0 atom stereocenters. The summed E-state index contributed by atoms with van der Waals surface area (Å²) in [5.41, 5.74) is 2.51. The van der Waals surface area contributed by atoms with Gasteiger partial charge in [-0.05, 0) is 37.6 Å². The molecule has 1 aromatic heterocycles. The second-order valence-electron chi connectivity index (χ2n) is 4.32. The lowest BCUT2D eigenvalue weighted by Gasteiger charge is -2.05. The van der Waals surface area contributed by atoms with E-state index in [1.807, 2.05) is 6.07 Å². The summed E-state index contributed by atoms with van der Waals surface area (Å²) in [6, 6.07) is 9.81. The quantitative estimate of drug-likeness (QED) is 0.625. The average molecular weight is 276 g/mol. The fourth-order valence-corrected chi connectivity index (χ4v) is 2.68. The Kier molecular flexibility index (Phi) is 4.32. The van der Waals surface area contributed by atoms with Gasteiger partial charge in [-0.2, -0.15) is 0 Å². The van der Waals surface area contributed by atoms with Gasteiger partial charge in [0.1, 0.15) is 5.76 Å². The average Bonchev–Trinajstić information content (AvgIpc) is 2.85. The first-order valence-electron chi connectivity index (χ1n) is 5.97. The topological polar surface area (TPSA) is 39.4 Å². The van der Waals surface area contributed by atoms with E-state index in [1.54, 1.807) is 17.8 Å². The van der Waals surface area contributed by atoms with Crippen LogP contribution in [0.3, 0.4) is 0 Å². The van der Waals surface area contributed by atoms with Crippen molar-refractivity contribution in [3.8, 4) is 0 Å². The highest BCUT2D eigenvalue weighted by Gasteiger charge is 2.11. The van der Waals surface area contributed by atoms with Crippen LogP contribution in [0.15, 0.2) is 39.6 Å². The molecular weight excluding hydrogens is 260 g/mol. The number of esters is 1. The molecule has 0 radical (unpaired) electrons. The summed E-state index contributed by atoms with van der Waals surface area (Å²) in [6.07, 6.45) is 0. The summed E-state index contributed by atoms with van der Waals surface area (Å²) in [6.45, 7) is 4.17. The zero-order valence-electron chi connectivity index (χ0n) is 11.2. The normalized spacial score (nSPS) is 10.5. The molecular formula is C15H16O3S. The predicted molar refractivity (Wildman–Crippen MR) is 75.5 cm³/mol. The summed E-state index contributed by atoms with van der Waals surface area (Å²) in [4.78, 5) is 12.5. The maximum Gasteiger partial charge on any atom is 0.373 e. The summed E-state index contributed by atoms with van der Waals surface area (Å²) >= 11 is 1.70. The molecule has 3 nitrogen and oxygen atoms in total. The van der Waals surface area contributed by atoms with Gasteiger partial charge in [-0.1, -0.05) is 17.7 Å². The number of furan rings is 1. The van der Waals surface area contributed by atoms with Gasteiger partial charge in [0.05, 0.1) is 12.9 Å². The smallest absolute Gasteiger partial charge is 0.373 e. The van der Waals surface area contributed by atoms with Gasteiger partial charge >= 0.3 is 5.97 Å². The van der Waals surface area contributed by atoms with Crippen molar-refractivity contribution >= 4 is 17.7 Å². The van der Waals surface area contributed by atoms with Crippen LogP contribution in [0.25, 0.3) is 0 Å². The van der Waals surface area contributed by atoms with Gasteiger partial charge in [0.15, 0.2) is 0 Å². The number of hydrogen-bond donors (Lipinski definition) is 0. The highest BCUT2D eigenvalue weighted by Crippen LogP contribution is 2.27. The number of carbonyl (C=O) groups is 1. The van der Waals surface area contributed by atoms with E-state index >= 15 is 0 Å². The first-order chi connectivity index (χ1) is 9.10. The van der Waals surface area contributed by atoms with E-state index < -0.39 is 5.97 Å². The van der Waals surface area contributed by atoms with Crippen molar-refractivity contribution in [2.45, 2.75) is 24.5 Å². The third-order valence-corrected chi connectivity index (χ3v) is 3.95. The number of ether oxygens (including phenoxy) is 1. The lowest BCUT2D eigenvalue weighted by atomic mass is 10.2. The molecule has 0 aliphatic rings. The molecule has 0 unspecified atom stereocenters. The Morgan fingerprint density at radius 3 is 2.74 bits per heavy atom. The van der Waals surface area contributed by atoms with Crippen molar-refractivity contribution < 1.29 is 13.9 Å². The maximum atomic E-state index is 11.3. The van der Waals surface area contributed by atoms with Crippen molar-refractivity contribution in [1.82, 2.24) is 0 Å². The fourth-order valence-electron chi connectivity index (χ4n) is 1.78. The van der Waals surface area contributed by atoms with E-state index in [4.69, 9.17) is 4.42 Å². The highest BCUT2D eigenvalue weighted by molar-refractivity contribution is 7.98. The van der Waals surface area contributed by atoms with Gasteiger partial charge in [0.2, 0.25) is 5.76 Å². The van der Waals surface area contributed by atoms with Gasteiger partial charge in [-0.3, -0.25) is 0 Å². The van der Waals surface area contributed by atoms with Gasteiger partial charge < -0.3 is 9.15 Å². The van der Waals surface area contributed by atoms with Crippen LogP contribution >= 0.6 is 11.8 Å². The third-order valence-electron chi connectivity index (χ3n) is 2.75. The molecule has 0 spiro atoms. The molecule has 0 saturated heterocycles. The van der Waals surface area contributed by atoms with Gasteiger partial charge in [0.25, 0.3) is 0 Å². The summed E-state index contributed by atoms with van der Waals surface area (Å²) in [5.74, 6) is 1.27. The standard InChI is InChI=1S/C15H16O3S/c1-10-4-7-14(11(2)8-10)19-9-12-5-6-13(18-12)15(16)17-3/h4-8H,9H2,1-3H3. The van der Waals surface area contributed by atoms with Crippen molar-refractivity contribution in [2.75, 3.05) is 7.11 Å². The Morgan fingerprint density at radius 1 is 1.26 bits per heavy atom. The molecule has 1 heterocycles. The zero-order chi connectivity index (χ0) is 13.8. The van der Waals surface area contributed by atoms with Gasteiger partial charge in [0, 0.05) is 4.90 Å². The number of aryl methyl sites for hydroxylation is 2. The summed E-state index contributed by atoms with van der Waals surface area (Å²) < 4.78 is 10.0. The summed E-state index contributed by atoms with van der Waals surface area (Å²) in [5, 5.41) is 0. The molecule has 0 amide bonds. The molecule has 19 heavy (non-hydrogen) atoms. The lowest BCUT2D eigenvalue weighted by molar-refractivity contribution is 0.0563. The molecule has 4 heteroatoms. The van der Waals surface area contributed by atoms with E-state index in [0.29, 0.717) is 5.75 Å². The van der Waals surface area contributed by atoms with Crippen molar-refractivity contribution in [2.24, 2.45) is 0 Å². The number of carbonyl (C=O) groups excluding carboxylic acids is 1. The van der Waals surface area contributed by atoms with Gasteiger partial charge in [-0.25, -0.2) is 4.79 Å². The second-order valence-corrected chi connectivity index (χ2v) is 5.33.